The molecule has 5 heteroatoms. The van der Waals surface area contributed by atoms with Crippen LogP contribution in [-0.2, 0) is 4.84 Å². The van der Waals surface area contributed by atoms with Crippen LogP contribution in [0.25, 0.3) is 11.3 Å². The van der Waals surface area contributed by atoms with E-state index in [1.54, 1.807) is 0 Å². The minimum absolute atomic E-state index is 0.676. The van der Waals surface area contributed by atoms with Crippen molar-refractivity contribution in [2.45, 2.75) is 6.92 Å². The fraction of sp³-hybridized carbons (Fsp3) is 0.154. The first-order chi connectivity index (χ1) is 8.70. The van der Waals surface area contributed by atoms with Gasteiger partial charge in [0.25, 0.3) is 0 Å². The lowest BCUT2D eigenvalue weighted by molar-refractivity contribution is 0.213. The minimum atomic E-state index is 0.676. The summed E-state index contributed by atoms with van der Waals surface area (Å²) in [6, 6.07) is 9.36. The number of halogens is 1. The van der Waals surface area contributed by atoms with Crippen molar-refractivity contribution in [3.05, 3.63) is 47.4 Å². The highest BCUT2D eigenvalue weighted by atomic mass is 35.5. The lowest BCUT2D eigenvalue weighted by Gasteiger charge is -2.03. The van der Waals surface area contributed by atoms with Crippen LogP contribution in [0.15, 0.2) is 41.8 Å². The zero-order valence-electron chi connectivity index (χ0n) is 10.1. The van der Waals surface area contributed by atoms with Crippen molar-refractivity contribution in [3.8, 4) is 11.3 Å². The van der Waals surface area contributed by atoms with Gasteiger partial charge in [0.2, 0.25) is 0 Å². The Balaban J connectivity index is 2.41. The van der Waals surface area contributed by atoms with Gasteiger partial charge in [-0.25, -0.2) is 9.97 Å². The molecule has 0 amide bonds. The van der Waals surface area contributed by atoms with E-state index in [-0.39, 0.29) is 0 Å². The van der Waals surface area contributed by atoms with Gasteiger partial charge in [-0.1, -0.05) is 28.9 Å². The van der Waals surface area contributed by atoms with E-state index in [0.29, 0.717) is 10.7 Å². The summed E-state index contributed by atoms with van der Waals surface area (Å²) >= 11 is 5.96. The van der Waals surface area contributed by atoms with Gasteiger partial charge in [-0.15, -0.1) is 0 Å². The van der Waals surface area contributed by atoms with Gasteiger partial charge in [0.05, 0.1) is 11.4 Å². The van der Waals surface area contributed by atoms with Crippen molar-refractivity contribution in [2.75, 3.05) is 7.11 Å². The van der Waals surface area contributed by atoms with E-state index in [1.165, 1.54) is 13.4 Å². The Hall–Kier alpha value is -1.94. The Bertz CT molecular complexity index is 584. The molecule has 0 bridgehead atoms. The maximum absolute atomic E-state index is 5.96. The molecule has 92 valence electrons. The van der Waals surface area contributed by atoms with Gasteiger partial charge in [-0.2, -0.15) is 0 Å². The van der Waals surface area contributed by atoms with Gasteiger partial charge in [0, 0.05) is 10.6 Å². The monoisotopic (exact) mass is 261 g/mol. The summed E-state index contributed by atoms with van der Waals surface area (Å²) in [7, 11) is 1.50. The first-order valence-corrected chi connectivity index (χ1v) is 5.74. The number of hydrogen-bond acceptors (Lipinski definition) is 4. The molecule has 1 aromatic heterocycles. The van der Waals surface area contributed by atoms with Crippen molar-refractivity contribution in [2.24, 2.45) is 5.16 Å². The molecule has 0 radical (unpaired) electrons. The van der Waals surface area contributed by atoms with Crippen LogP contribution in [-0.4, -0.2) is 22.8 Å². The van der Waals surface area contributed by atoms with Crippen LogP contribution in [0, 0.1) is 0 Å². The zero-order valence-corrected chi connectivity index (χ0v) is 10.8. The molecule has 0 aliphatic carbocycles. The summed E-state index contributed by atoms with van der Waals surface area (Å²) in [5.74, 6) is 0. The zero-order chi connectivity index (χ0) is 13.0. The molecule has 0 spiro atoms. The summed E-state index contributed by atoms with van der Waals surface area (Å²) in [4.78, 5) is 13.1. The molecule has 0 fully saturated rings. The third-order valence-electron chi connectivity index (χ3n) is 2.39. The predicted molar refractivity (Wildman–Crippen MR) is 71.7 cm³/mol. The second-order valence-corrected chi connectivity index (χ2v) is 4.09. The minimum Gasteiger partial charge on any atom is -0.399 e. The molecule has 0 saturated heterocycles. The van der Waals surface area contributed by atoms with Crippen molar-refractivity contribution < 1.29 is 4.84 Å². The summed E-state index contributed by atoms with van der Waals surface area (Å²) in [6.45, 7) is 1.83. The van der Waals surface area contributed by atoms with E-state index < -0.39 is 0 Å². The van der Waals surface area contributed by atoms with Crippen LogP contribution in [0.5, 0.6) is 0 Å². The van der Waals surface area contributed by atoms with Crippen LogP contribution in [0.2, 0.25) is 5.02 Å². The van der Waals surface area contributed by atoms with E-state index in [4.69, 9.17) is 16.4 Å². The van der Waals surface area contributed by atoms with Crippen LogP contribution in [0.1, 0.15) is 12.6 Å². The lowest BCUT2D eigenvalue weighted by Crippen LogP contribution is -2.00. The molecule has 4 nitrogen and oxygen atoms in total. The molecule has 1 heterocycles. The normalized spacial score (nSPS) is 11.4. The highest BCUT2D eigenvalue weighted by molar-refractivity contribution is 6.30. The van der Waals surface area contributed by atoms with Crippen molar-refractivity contribution in [3.63, 3.8) is 0 Å². The summed E-state index contributed by atoms with van der Waals surface area (Å²) in [5.41, 5.74) is 3.16. The van der Waals surface area contributed by atoms with Crippen LogP contribution >= 0.6 is 11.6 Å². The number of hydrogen-bond donors (Lipinski definition) is 0. The van der Waals surface area contributed by atoms with Gasteiger partial charge in [0.1, 0.15) is 19.1 Å². The second kappa shape index (κ2) is 5.60. The van der Waals surface area contributed by atoms with Crippen molar-refractivity contribution >= 4 is 17.3 Å². The van der Waals surface area contributed by atoms with Crippen molar-refractivity contribution in [1.82, 2.24) is 9.97 Å². The molecule has 0 saturated carbocycles. The number of nitrogens with zero attached hydrogens (tertiary/aromatic N) is 3. The fourth-order valence-electron chi connectivity index (χ4n) is 1.54. The van der Waals surface area contributed by atoms with Gasteiger partial charge in [-0.05, 0) is 25.1 Å². The molecule has 2 rings (SSSR count). The van der Waals surface area contributed by atoms with Gasteiger partial charge < -0.3 is 4.84 Å². The molecule has 18 heavy (non-hydrogen) atoms. The van der Waals surface area contributed by atoms with E-state index in [1.807, 2.05) is 37.3 Å². The standard InChI is InChI=1S/C13H12ClN3O/c1-9(17-18-2)12-7-13(16-8-15-12)10-4-3-5-11(14)6-10/h3-8H,1-2H3/b17-9+. The van der Waals surface area contributed by atoms with E-state index >= 15 is 0 Å². The molecule has 0 N–H and O–H groups in total. The molecule has 0 atom stereocenters. The second-order valence-electron chi connectivity index (χ2n) is 3.66. The first-order valence-electron chi connectivity index (χ1n) is 5.37. The maximum atomic E-state index is 5.96. The molecular formula is C13H12ClN3O. The quantitative estimate of drug-likeness (QED) is 0.630. The number of aromatic nitrogens is 2. The molecule has 0 aliphatic rings. The number of oxime groups is 1. The average molecular weight is 262 g/mol. The highest BCUT2D eigenvalue weighted by Crippen LogP contribution is 2.21. The first kappa shape index (κ1) is 12.5. The van der Waals surface area contributed by atoms with E-state index in [2.05, 4.69) is 15.1 Å². The Kier molecular flexibility index (Phi) is 3.89. The van der Waals surface area contributed by atoms with E-state index in [9.17, 15) is 0 Å². The predicted octanol–water partition coefficient (Wildman–Crippen LogP) is 3.17. The van der Waals surface area contributed by atoms with Crippen LogP contribution in [0.4, 0.5) is 0 Å². The Morgan fingerprint density at radius 2 is 2.11 bits per heavy atom. The Morgan fingerprint density at radius 1 is 1.28 bits per heavy atom. The van der Waals surface area contributed by atoms with Gasteiger partial charge in [0.15, 0.2) is 0 Å². The van der Waals surface area contributed by atoms with E-state index in [0.717, 1.165) is 17.0 Å². The maximum Gasteiger partial charge on any atom is 0.116 e. The third kappa shape index (κ3) is 2.84. The summed E-state index contributed by atoms with van der Waals surface area (Å²) < 4.78 is 0. The Morgan fingerprint density at radius 3 is 2.83 bits per heavy atom. The lowest BCUT2D eigenvalue weighted by atomic mass is 10.1. The number of rotatable bonds is 3. The topological polar surface area (TPSA) is 47.4 Å². The van der Waals surface area contributed by atoms with Gasteiger partial charge in [-0.3, -0.25) is 0 Å². The van der Waals surface area contributed by atoms with Crippen molar-refractivity contribution in [1.29, 1.82) is 0 Å². The molecule has 0 unspecified atom stereocenters. The number of benzene rings is 1. The molecule has 2 aromatic rings. The average Bonchev–Trinajstić information content (AvgIpc) is 2.39. The van der Waals surface area contributed by atoms with Crippen LogP contribution in [0.3, 0.4) is 0 Å². The summed E-state index contributed by atoms with van der Waals surface area (Å²) in [6.07, 6.45) is 1.50. The smallest absolute Gasteiger partial charge is 0.116 e. The SMILES string of the molecule is CO/N=C(\C)c1cc(-c2cccc(Cl)c2)ncn1. The summed E-state index contributed by atoms with van der Waals surface area (Å²) in [5, 5.41) is 4.52. The third-order valence-corrected chi connectivity index (χ3v) is 2.62. The molecular weight excluding hydrogens is 250 g/mol. The molecule has 0 aliphatic heterocycles. The fourth-order valence-corrected chi connectivity index (χ4v) is 1.73. The molecule has 1 aromatic carbocycles. The largest absolute Gasteiger partial charge is 0.399 e. The van der Waals surface area contributed by atoms with Gasteiger partial charge >= 0.3 is 0 Å². The van der Waals surface area contributed by atoms with Crippen LogP contribution < -0.4 is 0 Å². The Labute approximate surface area is 110 Å². The highest BCUT2D eigenvalue weighted by Gasteiger charge is 2.05.